The van der Waals surface area contributed by atoms with Crippen LogP contribution in [0.1, 0.15) is 39.0 Å². The Morgan fingerprint density at radius 1 is 1.11 bits per heavy atom. The molecule has 0 atom stereocenters. The first-order valence-electron chi connectivity index (χ1n) is 3.46. The molecule has 1 aliphatic carbocycles. The van der Waals surface area contributed by atoms with E-state index in [2.05, 4.69) is 6.08 Å². The summed E-state index contributed by atoms with van der Waals surface area (Å²) in [4.78, 5) is 0. The van der Waals surface area contributed by atoms with Crippen LogP contribution in [0.2, 0.25) is 0 Å². The molecular weight excluding hydrogens is 185 g/mol. The van der Waals surface area contributed by atoms with Gasteiger partial charge in [0.1, 0.15) is 0 Å². The van der Waals surface area contributed by atoms with Crippen LogP contribution in [0.3, 0.4) is 0 Å². The number of hydrogen-bond donors (Lipinski definition) is 0. The first kappa shape index (κ1) is 9.84. The van der Waals surface area contributed by atoms with Gasteiger partial charge in [-0.15, -0.1) is 0 Å². The topological polar surface area (TPSA) is 0 Å². The first-order valence-corrected chi connectivity index (χ1v) is 3.46. The molecule has 0 aliphatic heterocycles. The van der Waals surface area contributed by atoms with Crippen molar-refractivity contribution in [3.8, 4) is 0 Å². The zero-order chi connectivity index (χ0) is 5.82. The molecule has 0 spiro atoms. The van der Waals surface area contributed by atoms with Crippen molar-refractivity contribution < 1.29 is 32.7 Å². The third-order valence-corrected chi connectivity index (χ3v) is 1.81. The van der Waals surface area contributed by atoms with Crippen LogP contribution < -0.4 is 0 Å². The second-order valence-electron chi connectivity index (χ2n) is 2.41. The van der Waals surface area contributed by atoms with Gasteiger partial charge in [-0.2, -0.15) is 6.92 Å². The minimum Gasteiger partial charge on any atom is -0.500 e. The number of rotatable bonds is 0. The van der Waals surface area contributed by atoms with Crippen LogP contribution in [0.15, 0.2) is 5.57 Å². The van der Waals surface area contributed by atoms with Gasteiger partial charge in [0, 0.05) is 32.7 Å². The van der Waals surface area contributed by atoms with Crippen LogP contribution in [-0.4, -0.2) is 0 Å². The maximum absolute atomic E-state index is 3.22. The molecule has 0 nitrogen and oxygen atoms in total. The summed E-state index contributed by atoms with van der Waals surface area (Å²) in [5, 5.41) is 0. The first-order chi connectivity index (χ1) is 3.93. The van der Waals surface area contributed by atoms with Gasteiger partial charge in [-0.05, 0) is 0 Å². The maximum atomic E-state index is 3.22. The van der Waals surface area contributed by atoms with Gasteiger partial charge in [0.2, 0.25) is 0 Å². The van der Waals surface area contributed by atoms with Crippen molar-refractivity contribution in [2.24, 2.45) is 0 Å². The third kappa shape index (κ3) is 3.52. The number of hydrogen-bond acceptors (Lipinski definition) is 0. The predicted molar refractivity (Wildman–Crippen MR) is 35.5 cm³/mol. The van der Waals surface area contributed by atoms with Gasteiger partial charge in [-0.25, -0.2) is 0 Å². The van der Waals surface area contributed by atoms with Crippen LogP contribution >= 0.6 is 0 Å². The molecule has 49 valence electrons. The van der Waals surface area contributed by atoms with E-state index in [0.29, 0.717) is 0 Å². The minimum absolute atomic E-state index is 0. The SMILES string of the molecule is C[C-]=C1CCCCC1.[Y]. The molecule has 1 aliphatic rings. The Labute approximate surface area is 83.0 Å². The van der Waals surface area contributed by atoms with E-state index in [1.54, 1.807) is 5.57 Å². The van der Waals surface area contributed by atoms with Crippen molar-refractivity contribution >= 4 is 0 Å². The molecule has 0 heterocycles. The average molecular weight is 198 g/mol. The second kappa shape index (κ2) is 5.62. The smallest absolute Gasteiger partial charge is 0 e. The van der Waals surface area contributed by atoms with Crippen LogP contribution in [-0.2, 0) is 32.7 Å². The predicted octanol–water partition coefficient (Wildman–Crippen LogP) is 2.70. The van der Waals surface area contributed by atoms with E-state index >= 15 is 0 Å². The molecule has 0 N–H and O–H groups in total. The van der Waals surface area contributed by atoms with E-state index in [1.165, 1.54) is 32.1 Å². The zero-order valence-electron chi connectivity index (χ0n) is 6.11. The Morgan fingerprint density at radius 2 is 1.67 bits per heavy atom. The summed E-state index contributed by atoms with van der Waals surface area (Å²) in [5.41, 5.74) is 1.55. The molecule has 0 aromatic heterocycles. The third-order valence-electron chi connectivity index (χ3n) is 1.81. The van der Waals surface area contributed by atoms with Gasteiger partial charge >= 0.3 is 0 Å². The fourth-order valence-corrected chi connectivity index (χ4v) is 1.23. The molecule has 1 heteroatoms. The molecule has 0 bridgehead atoms. The molecule has 0 saturated heterocycles. The van der Waals surface area contributed by atoms with E-state index in [4.69, 9.17) is 0 Å². The van der Waals surface area contributed by atoms with Gasteiger partial charge in [0.05, 0.1) is 0 Å². The standard InChI is InChI=1S/C8H13.Y/c1-2-8-6-4-3-5-7-8;/h3-7H2,1H3;/q-1;. The summed E-state index contributed by atoms with van der Waals surface area (Å²) in [7, 11) is 0. The van der Waals surface area contributed by atoms with Crippen LogP contribution in [0.5, 0.6) is 0 Å². The van der Waals surface area contributed by atoms with Crippen molar-refractivity contribution in [1.82, 2.24) is 0 Å². The number of allylic oxidation sites excluding steroid dienone is 2. The van der Waals surface area contributed by atoms with Crippen LogP contribution in [0.4, 0.5) is 0 Å². The molecule has 1 rings (SSSR count). The van der Waals surface area contributed by atoms with Crippen LogP contribution in [0, 0.1) is 6.08 Å². The van der Waals surface area contributed by atoms with Gasteiger partial charge in [-0.1, -0.05) is 32.1 Å². The normalized spacial score (nSPS) is 18.6. The summed E-state index contributed by atoms with van der Waals surface area (Å²) in [6.45, 7) is 2.03. The summed E-state index contributed by atoms with van der Waals surface area (Å²) >= 11 is 0. The summed E-state index contributed by atoms with van der Waals surface area (Å²) < 4.78 is 0. The fourth-order valence-electron chi connectivity index (χ4n) is 1.23. The van der Waals surface area contributed by atoms with Crippen molar-refractivity contribution in [2.45, 2.75) is 39.0 Å². The maximum Gasteiger partial charge on any atom is 0 e. The van der Waals surface area contributed by atoms with E-state index in [1.807, 2.05) is 6.92 Å². The Hall–Kier alpha value is 0.844. The summed E-state index contributed by atoms with van der Waals surface area (Å²) in [6, 6.07) is 0. The monoisotopic (exact) mass is 198 g/mol. The molecule has 0 amide bonds. The molecule has 0 aromatic carbocycles. The molecule has 0 unspecified atom stereocenters. The van der Waals surface area contributed by atoms with Crippen molar-refractivity contribution in [3.05, 3.63) is 11.6 Å². The van der Waals surface area contributed by atoms with E-state index in [0.717, 1.165) is 0 Å². The van der Waals surface area contributed by atoms with Gasteiger partial charge in [0.25, 0.3) is 0 Å². The second-order valence-corrected chi connectivity index (χ2v) is 2.41. The molecule has 1 fully saturated rings. The Bertz CT molecular complexity index is 86.7. The summed E-state index contributed by atoms with van der Waals surface area (Å²) in [6.07, 6.45) is 10.1. The quantitative estimate of drug-likeness (QED) is 0.525. The minimum atomic E-state index is 0. The fraction of sp³-hybridized carbons (Fsp3) is 0.750. The molecule has 1 saturated carbocycles. The van der Waals surface area contributed by atoms with Gasteiger partial charge in [0.15, 0.2) is 0 Å². The Morgan fingerprint density at radius 3 is 2.00 bits per heavy atom. The van der Waals surface area contributed by atoms with Crippen molar-refractivity contribution in [1.29, 1.82) is 0 Å². The van der Waals surface area contributed by atoms with Crippen molar-refractivity contribution in [3.63, 3.8) is 0 Å². The summed E-state index contributed by atoms with van der Waals surface area (Å²) in [5.74, 6) is 0. The van der Waals surface area contributed by atoms with Crippen LogP contribution in [0.25, 0.3) is 0 Å². The molecular formula is C8H13Y-. The average Bonchev–Trinajstić information content (AvgIpc) is 1.90. The molecule has 9 heavy (non-hydrogen) atoms. The Balaban J connectivity index is 0.000000640. The molecule has 1 radical (unpaired) electrons. The van der Waals surface area contributed by atoms with E-state index < -0.39 is 0 Å². The van der Waals surface area contributed by atoms with Gasteiger partial charge in [-0.3, -0.25) is 5.57 Å². The van der Waals surface area contributed by atoms with E-state index in [9.17, 15) is 0 Å². The Kier molecular flexibility index (Phi) is 6.14. The van der Waals surface area contributed by atoms with Gasteiger partial charge < -0.3 is 6.08 Å². The van der Waals surface area contributed by atoms with E-state index in [-0.39, 0.29) is 32.7 Å². The zero-order valence-corrected chi connectivity index (χ0v) is 8.95. The molecule has 0 aromatic rings. The largest absolute Gasteiger partial charge is 0.500 e. The van der Waals surface area contributed by atoms with Crippen molar-refractivity contribution in [2.75, 3.05) is 0 Å².